The van der Waals surface area contributed by atoms with Crippen LogP contribution in [0.2, 0.25) is 0 Å². The van der Waals surface area contributed by atoms with Crippen molar-refractivity contribution in [1.82, 2.24) is 9.88 Å². The third-order valence-corrected chi connectivity index (χ3v) is 4.11. The lowest BCUT2D eigenvalue weighted by molar-refractivity contribution is -0.136. The van der Waals surface area contributed by atoms with Gasteiger partial charge in [-0.25, -0.2) is 0 Å². The van der Waals surface area contributed by atoms with E-state index in [1.165, 1.54) is 0 Å². The highest BCUT2D eigenvalue weighted by molar-refractivity contribution is 5.79. The maximum Gasteiger partial charge on any atom is 0.261 e. The highest BCUT2D eigenvalue weighted by Gasteiger charge is 2.36. The summed E-state index contributed by atoms with van der Waals surface area (Å²) in [6, 6.07) is 14.8. The van der Waals surface area contributed by atoms with Gasteiger partial charge in [0.15, 0.2) is 6.61 Å². The largest absolute Gasteiger partial charge is 0.484 e. The first-order valence-corrected chi connectivity index (χ1v) is 8.04. The number of aromatic nitrogens is 1. The molecule has 0 spiro atoms. The molecule has 122 valence electrons. The van der Waals surface area contributed by atoms with E-state index in [4.69, 9.17) is 10.00 Å². The zero-order chi connectivity index (χ0) is 16.9. The van der Waals surface area contributed by atoms with Crippen LogP contribution in [0.4, 0.5) is 0 Å². The Morgan fingerprint density at radius 3 is 2.67 bits per heavy atom. The number of benzene rings is 1. The number of carbonyl (C=O) groups is 1. The summed E-state index contributed by atoms with van der Waals surface area (Å²) in [5.41, 5.74) is 1.45. The molecular formula is C19H19N3O2. The Hall–Kier alpha value is -2.87. The maximum absolute atomic E-state index is 12.7. The molecule has 24 heavy (non-hydrogen) atoms. The van der Waals surface area contributed by atoms with Gasteiger partial charge in [0.2, 0.25) is 0 Å². The Morgan fingerprint density at radius 2 is 2.08 bits per heavy atom. The molecule has 1 saturated carbocycles. The van der Waals surface area contributed by atoms with Crippen LogP contribution in [0.5, 0.6) is 5.75 Å². The van der Waals surface area contributed by atoms with Gasteiger partial charge < -0.3 is 9.64 Å². The molecular weight excluding hydrogens is 302 g/mol. The number of pyridine rings is 1. The fraction of sp³-hybridized carbons (Fsp3) is 0.316. The summed E-state index contributed by atoms with van der Waals surface area (Å²) in [7, 11) is 0. The molecule has 0 N–H and O–H groups in total. The average Bonchev–Trinajstić information content (AvgIpc) is 3.46. The van der Waals surface area contributed by atoms with Crippen molar-refractivity contribution >= 4 is 5.91 Å². The molecule has 1 atom stereocenters. The summed E-state index contributed by atoms with van der Waals surface area (Å²) in [6.07, 6.45) is 3.80. The highest BCUT2D eigenvalue weighted by Crippen LogP contribution is 2.33. The van der Waals surface area contributed by atoms with E-state index < -0.39 is 0 Å². The van der Waals surface area contributed by atoms with E-state index in [2.05, 4.69) is 11.1 Å². The molecule has 0 radical (unpaired) electrons. The molecule has 0 saturated heterocycles. The van der Waals surface area contributed by atoms with Gasteiger partial charge in [0, 0.05) is 12.2 Å². The Labute approximate surface area is 141 Å². The van der Waals surface area contributed by atoms with Crippen molar-refractivity contribution in [3.8, 4) is 11.8 Å². The van der Waals surface area contributed by atoms with Crippen molar-refractivity contribution in [1.29, 1.82) is 5.26 Å². The minimum Gasteiger partial charge on any atom is -0.484 e. The molecule has 1 heterocycles. The van der Waals surface area contributed by atoms with Gasteiger partial charge in [0.25, 0.3) is 5.91 Å². The van der Waals surface area contributed by atoms with Crippen LogP contribution < -0.4 is 4.74 Å². The van der Waals surface area contributed by atoms with Crippen molar-refractivity contribution < 1.29 is 9.53 Å². The van der Waals surface area contributed by atoms with Crippen LogP contribution in [0.1, 0.15) is 37.1 Å². The van der Waals surface area contributed by atoms with E-state index in [1.807, 2.05) is 30.0 Å². The molecule has 5 nitrogen and oxygen atoms in total. The summed E-state index contributed by atoms with van der Waals surface area (Å²) in [4.78, 5) is 18.9. The number of hydrogen-bond donors (Lipinski definition) is 0. The first kappa shape index (κ1) is 16.0. The van der Waals surface area contributed by atoms with Gasteiger partial charge >= 0.3 is 0 Å². The molecule has 1 amide bonds. The maximum atomic E-state index is 12.7. The predicted octanol–water partition coefficient (Wildman–Crippen LogP) is 3.08. The number of nitriles is 1. The van der Waals surface area contributed by atoms with E-state index in [0.717, 1.165) is 18.5 Å². The summed E-state index contributed by atoms with van der Waals surface area (Å²) in [5, 5.41) is 8.80. The Morgan fingerprint density at radius 1 is 1.33 bits per heavy atom. The number of ether oxygens (including phenoxy) is 1. The van der Waals surface area contributed by atoms with Crippen LogP contribution >= 0.6 is 0 Å². The second kappa shape index (κ2) is 7.14. The first-order valence-electron chi connectivity index (χ1n) is 8.04. The monoisotopic (exact) mass is 321 g/mol. The van der Waals surface area contributed by atoms with Crippen LogP contribution in [0.3, 0.4) is 0 Å². The molecule has 3 rings (SSSR count). The third-order valence-electron chi connectivity index (χ3n) is 4.11. The number of hydrogen-bond acceptors (Lipinski definition) is 4. The SMILES string of the molecule is C[C@H](c1ccccn1)N(C(=O)COc1ccc(C#N)cc1)C1CC1. The van der Waals surface area contributed by atoms with Gasteiger partial charge in [-0.2, -0.15) is 5.26 Å². The Kier molecular flexibility index (Phi) is 4.76. The van der Waals surface area contributed by atoms with Gasteiger partial charge in [-0.1, -0.05) is 6.07 Å². The van der Waals surface area contributed by atoms with Gasteiger partial charge in [-0.3, -0.25) is 9.78 Å². The Balaban J connectivity index is 1.65. The van der Waals surface area contributed by atoms with Gasteiger partial charge in [-0.15, -0.1) is 0 Å². The lowest BCUT2D eigenvalue weighted by Crippen LogP contribution is -2.39. The van der Waals surface area contributed by atoms with Crippen molar-refractivity contribution in [3.05, 3.63) is 59.9 Å². The number of amides is 1. The fourth-order valence-corrected chi connectivity index (χ4v) is 2.70. The quantitative estimate of drug-likeness (QED) is 0.820. The second-order valence-corrected chi connectivity index (χ2v) is 5.89. The minimum absolute atomic E-state index is 0.0143. The molecule has 2 aromatic rings. The molecule has 0 bridgehead atoms. The first-order chi connectivity index (χ1) is 11.7. The topological polar surface area (TPSA) is 66.2 Å². The van der Waals surface area contributed by atoms with Crippen molar-refractivity contribution in [2.24, 2.45) is 0 Å². The standard InChI is InChI=1S/C19H19N3O2/c1-14(18-4-2-3-11-21-18)22(16-7-8-16)19(23)13-24-17-9-5-15(12-20)6-10-17/h2-6,9-11,14,16H,7-8,13H2,1H3/t14-/m1/s1. The van der Waals surface area contributed by atoms with Gasteiger partial charge in [0.05, 0.1) is 23.4 Å². The normalized spacial score (nSPS) is 14.5. The second-order valence-electron chi connectivity index (χ2n) is 5.89. The van der Waals surface area contributed by atoms with Gasteiger partial charge in [-0.05, 0) is 56.2 Å². The van der Waals surface area contributed by atoms with E-state index in [-0.39, 0.29) is 24.6 Å². The van der Waals surface area contributed by atoms with E-state index in [0.29, 0.717) is 11.3 Å². The lowest BCUT2D eigenvalue weighted by atomic mass is 10.1. The molecule has 1 aliphatic rings. The number of rotatable bonds is 6. The number of nitrogens with zero attached hydrogens (tertiary/aromatic N) is 3. The molecule has 1 aromatic carbocycles. The summed E-state index contributed by atoms with van der Waals surface area (Å²) in [6.45, 7) is 1.99. The van der Waals surface area contributed by atoms with Crippen molar-refractivity contribution in [3.63, 3.8) is 0 Å². The van der Waals surface area contributed by atoms with Gasteiger partial charge in [0.1, 0.15) is 5.75 Å². The lowest BCUT2D eigenvalue weighted by Gasteiger charge is -2.29. The van der Waals surface area contributed by atoms with E-state index in [1.54, 1.807) is 30.5 Å². The van der Waals surface area contributed by atoms with Crippen LogP contribution in [-0.4, -0.2) is 28.4 Å². The average molecular weight is 321 g/mol. The zero-order valence-electron chi connectivity index (χ0n) is 13.6. The summed E-state index contributed by atoms with van der Waals surface area (Å²) < 4.78 is 5.59. The van der Waals surface area contributed by atoms with Crippen molar-refractivity contribution in [2.75, 3.05) is 6.61 Å². The van der Waals surface area contributed by atoms with Crippen LogP contribution in [0, 0.1) is 11.3 Å². The Bertz CT molecular complexity index is 733. The molecule has 5 heteroatoms. The minimum atomic E-state index is -0.0734. The van der Waals surface area contributed by atoms with Crippen LogP contribution in [-0.2, 0) is 4.79 Å². The molecule has 1 aliphatic carbocycles. The molecule has 0 aliphatic heterocycles. The predicted molar refractivity (Wildman–Crippen MR) is 89.2 cm³/mol. The molecule has 1 aromatic heterocycles. The molecule has 0 unspecified atom stereocenters. The van der Waals surface area contributed by atoms with E-state index >= 15 is 0 Å². The fourth-order valence-electron chi connectivity index (χ4n) is 2.70. The summed E-state index contributed by atoms with van der Waals surface area (Å²) in [5.74, 6) is 0.545. The van der Waals surface area contributed by atoms with Crippen molar-refractivity contribution in [2.45, 2.75) is 31.8 Å². The smallest absolute Gasteiger partial charge is 0.261 e. The van der Waals surface area contributed by atoms with Crippen LogP contribution in [0.25, 0.3) is 0 Å². The molecule has 1 fully saturated rings. The zero-order valence-corrected chi connectivity index (χ0v) is 13.6. The van der Waals surface area contributed by atoms with E-state index in [9.17, 15) is 4.79 Å². The summed E-state index contributed by atoms with van der Waals surface area (Å²) >= 11 is 0. The number of carbonyl (C=O) groups excluding carboxylic acids is 1. The highest BCUT2D eigenvalue weighted by atomic mass is 16.5. The van der Waals surface area contributed by atoms with Crippen LogP contribution in [0.15, 0.2) is 48.7 Å². The third kappa shape index (κ3) is 3.72.